The van der Waals surface area contributed by atoms with E-state index in [-0.39, 0.29) is 5.84 Å². The maximum absolute atomic E-state index is 16.2. The van der Waals surface area contributed by atoms with Crippen LogP contribution in [0.25, 0.3) is 10.9 Å². The summed E-state index contributed by atoms with van der Waals surface area (Å²) in [6, 6.07) is 12.7. The Morgan fingerprint density at radius 2 is 1.94 bits per heavy atom. The summed E-state index contributed by atoms with van der Waals surface area (Å²) in [6.45, 7) is 5.91. The van der Waals surface area contributed by atoms with E-state index in [9.17, 15) is 0 Å². The van der Waals surface area contributed by atoms with Crippen LogP contribution in [-0.4, -0.2) is 26.5 Å². The summed E-state index contributed by atoms with van der Waals surface area (Å²) >= 11 is 0. The van der Waals surface area contributed by atoms with Crippen molar-refractivity contribution in [1.29, 1.82) is 5.41 Å². The van der Waals surface area contributed by atoms with Crippen molar-refractivity contribution in [3.8, 4) is 0 Å². The molecule has 4 rings (SSSR count). The van der Waals surface area contributed by atoms with Crippen LogP contribution in [0.1, 0.15) is 37.1 Å². The van der Waals surface area contributed by atoms with Gasteiger partial charge in [0, 0.05) is 34.6 Å². The number of halogens is 1. The standard InChI is InChI=1S/C25H25FN5P/c1-4-16(2)23-10-9-22(19-11-13-28-17(3)14-19)30-31(23)24(27)25(26,32)20-7-8-21-18(15-20)6-5-12-29-21/h5-15,27H,4,32H2,1-3H3/b23-16+,27-24?. The highest BCUT2D eigenvalue weighted by Gasteiger charge is 2.38. The molecule has 162 valence electrons. The van der Waals surface area contributed by atoms with Gasteiger partial charge in [0.05, 0.1) is 16.9 Å². The molecule has 3 heterocycles. The van der Waals surface area contributed by atoms with Crippen LogP contribution in [0.3, 0.4) is 0 Å². The predicted octanol–water partition coefficient (Wildman–Crippen LogP) is 5.87. The van der Waals surface area contributed by atoms with E-state index in [4.69, 9.17) is 5.41 Å². The van der Waals surface area contributed by atoms with Gasteiger partial charge in [-0.1, -0.05) is 28.3 Å². The molecule has 5 nitrogen and oxygen atoms in total. The number of aromatic nitrogens is 2. The fourth-order valence-electron chi connectivity index (χ4n) is 3.55. The summed E-state index contributed by atoms with van der Waals surface area (Å²) in [7, 11) is 2.20. The third kappa shape index (κ3) is 4.11. The first-order valence-electron chi connectivity index (χ1n) is 10.4. The Morgan fingerprint density at radius 3 is 2.69 bits per heavy atom. The van der Waals surface area contributed by atoms with Gasteiger partial charge in [-0.2, -0.15) is 5.10 Å². The van der Waals surface area contributed by atoms with Crippen LogP contribution in [0.15, 0.2) is 83.4 Å². The first-order valence-corrected chi connectivity index (χ1v) is 11.0. The number of allylic oxidation sites excluding steroid dienone is 3. The minimum Gasteiger partial charge on any atom is -0.283 e. The minimum absolute atomic E-state index is 0.277. The van der Waals surface area contributed by atoms with Crippen LogP contribution in [0.2, 0.25) is 0 Å². The van der Waals surface area contributed by atoms with Gasteiger partial charge in [-0.3, -0.25) is 15.4 Å². The molecular weight excluding hydrogens is 420 g/mol. The Bertz CT molecular complexity index is 1290. The normalized spacial score (nSPS) is 17.2. The molecule has 0 aliphatic carbocycles. The molecule has 0 spiro atoms. The summed E-state index contributed by atoms with van der Waals surface area (Å²) in [5, 5.41) is 13.6. The molecule has 32 heavy (non-hydrogen) atoms. The summed E-state index contributed by atoms with van der Waals surface area (Å²) in [6.07, 6.45) is 7.99. The van der Waals surface area contributed by atoms with Gasteiger partial charge in [-0.15, -0.1) is 0 Å². The lowest BCUT2D eigenvalue weighted by molar-refractivity contribution is 0.350. The topological polar surface area (TPSA) is 65.2 Å². The van der Waals surface area contributed by atoms with E-state index in [0.717, 1.165) is 34.2 Å². The zero-order valence-corrected chi connectivity index (χ0v) is 19.5. The number of hydrogen-bond donors (Lipinski definition) is 1. The number of rotatable bonds is 4. The second-order valence-corrected chi connectivity index (χ2v) is 8.60. The molecule has 2 atom stereocenters. The number of benzene rings is 1. The zero-order valence-electron chi connectivity index (χ0n) is 18.3. The number of nitrogens with zero attached hydrogens (tertiary/aromatic N) is 4. The number of fused-ring (bicyclic) bond motifs is 1. The highest BCUT2D eigenvalue weighted by Crippen LogP contribution is 2.39. The number of hydrogen-bond acceptors (Lipinski definition) is 4. The summed E-state index contributed by atoms with van der Waals surface area (Å²) in [5.41, 5.74) is 5.23. The molecule has 2 unspecified atom stereocenters. The molecule has 0 saturated heterocycles. The van der Waals surface area contributed by atoms with Crippen LogP contribution in [-0.2, 0) is 5.41 Å². The molecule has 0 radical (unpaired) electrons. The van der Waals surface area contributed by atoms with Gasteiger partial charge < -0.3 is 0 Å². The summed E-state index contributed by atoms with van der Waals surface area (Å²) in [4.78, 5) is 8.54. The molecule has 3 aromatic rings. The molecule has 2 aromatic heterocycles. The SMILES string of the molecule is CC/C(C)=C1\C=CC(c2ccnc(C)c2)=NN1C(=N)C(F)(P)c1ccc2ncccc2c1. The Morgan fingerprint density at radius 1 is 1.12 bits per heavy atom. The average Bonchev–Trinajstić information content (AvgIpc) is 2.82. The Balaban J connectivity index is 1.78. The molecule has 7 heteroatoms. The van der Waals surface area contributed by atoms with Gasteiger partial charge in [0.15, 0.2) is 5.84 Å². The van der Waals surface area contributed by atoms with Gasteiger partial charge in [-0.25, -0.2) is 9.40 Å². The van der Waals surface area contributed by atoms with Crippen molar-refractivity contribution in [3.63, 3.8) is 0 Å². The number of hydrazone groups is 1. The second-order valence-electron chi connectivity index (χ2n) is 7.81. The van der Waals surface area contributed by atoms with Crippen LogP contribution < -0.4 is 0 Å². The second kappa shape index (κ2) is 8.71. The first kappa shape index (κ1) is 22.0. The van der Waals surface area contributed by atoms with Crippen molar-refractivity contribution >= 4 is 31.7 Å². The largest absolute Gasteiger partial charge is 0.283 e. The minimum atomic E-state index is -2.14. The third-order valence-corrected chi connectivity index (χ3v) is 6.18. The van der Waals surface area contributed by atoms with E-state index >= 15 is 4.39 Å². The van der Waals surface area contributed by atoms with Crippen molar-refractivity contribution in [3.05, 3.63) is 95.1 Å². The van der Waals surface area contributed by atoms with Gasteiger partial charge in [0.1, 0.15) is 0 Å². The molecular formula is C25H25FN5P. The van der Waals surface area contributed by atoms with Crippen molar-refractivity contribution < 1.29 is 4.39 Å². The molecule has 1 aliphatic heterocycles. The van der Waals surface area contributed by atoms with E-state index < -0.39 is 5.41 Å². The zero-order chi connectivity index (χ0) is 22.9. The van der Waals surface area contributed by atoms with Crippen molar-refractivity contribution in [1.82, 2.24) is 15.0 Å². The molecule has 1 aliphatic rings. The van der Waals surface area contributed by atoms with Gasteiger partial charge in [0.2, 0.25) is 5.41 Å². The average molecular weight is 445 g/mol. The van der Waals surface area contributed by atoms with Gasteiger partial charge in [0.25, 0.3) is 0 Å². The number of amidine groups is 1. The van der Waals surface area contributed by atoms with Crippen molar-refractivity contribution in [2.45, 2.75) is 32.6 Å². The van der Waals surface area contributed by atoms with Crippen molar-refractivity contribution in [2.24, 2.45) is 5.10 Å². The number of nitrogens with one attached hydrogen (secondary N) is 1. The number of aryl methyl sites for hydroxylation is 1. The Kier molecular flexibility index (Phi) is 5.98. The monoisotopic (exact) mass is 445 g/mol. The maximum atomic E-state index is 16.2. The summed E-state index contributed by atoms with van der Waals surface area (Å²) < 4.78 is 16.2. The van der Waals surface area contributed by atoms with Gasteiger partial charge >= 0.3 is 0 Å². The van der Waals surface area contributed by atoms with Crippen LogP contribution in [0.5, 0.6) is 0 Å². The molecule has 1 aromatic carbocycles. The molecule has 1 N–H and O–H groups in total. The molecule has 0 bridgehead atoms. The van der Waals surface area contributed by atoms with Crippen LogP contribution in [0.4, 0.5) is 4.39 Å². The van der Waals surface area contributed by atoms with E-state index in [1.165, 1.54) is 5.01 Å². The van der Waals surface area contributed by atoms with E-state index in [0.29, 0.717) is 17.0 Å². The number of pyridine rings is 2. The fraction of sp³-hybridized carbons (Fsp3) is 0.200. The lowest BCUT2D eigenvalue weighted by Crippen LogP contribution is -2.38. The molecule has 0 fully saturated rings. The van der Waals surface area contributed by atoms with E-state index in [1.54, 1.807) is 30.6 Å². The van der Waals surface area contributed by atoms with Gasteiger partial charge in [-0.05, 0) is 68.3 Å². The summed E-state index contributed by atoms with van der Waals surface area (Å²) in [5.74, 6) is -0.277. The molecule has 0 amide bonds. The van der Waals surface area contributed by atoms with E-state index in [2.05, 4.69) is 24.3 Å². The molecule has 0 saturated carbocycles. The smallest absolute Gasteiger partial charge is 0.206 e. The van der Waals surface area contributed by atoms with Crippen LogP contribution >= 0.6 is 9.24 Å². The lowest BCUT2D eigenvalue weighted by Gasteiger charge is -2.32. The third-order valence-electron chi connectivity index (χ3n) is 5.57. The quantitative estimate of drug-likeness (QED) is 0.310. The highest BCUT2D eigenvalue weighted by atomic mass is 31.0. The lowest BCUT2D eigenvalue weighted by atomic mass is 10.0. The predicted molar refractivity (Wildman–Crippen MR) is 131 cm³/mol. The fourth-order valence-corrected chi connectivity index (χ4v) is 3.85. The van der Waals surface area contributed by atoms with Crippen molar-refractivity contribution in [2.75, 3.05) is 0 Å². The Labute approximate surface area is 189 Å². The number of alkyl halides is 1. The Hall–Kier alpha value is -3.24. The first-order chi connectivity index (χ1) is 15.3. The van der Waals surface area contributed by atoms with E-state index in [1.807, 2.05) is 57.2 Å². The highest BCUT2D eigenvalue weighted by molar-refractivity contribution is 7.20. The van der Waals surface area contributed by atoms with Crippen LogP contribution in [0, 0.1) is 12.3 Å². The maximum Gasteiger partial charge on any atom is 0.206 e.